The van der Waals surface area contributed by atoms with Crippen LogP contribution in [0.1, 0.15) is 63.7 Å². The largest absolute Gasteiger partial charge is 0.332 e. The molecule has 0 bridgehead atoms. The van der Waals surface area contributed by atoms with E-state index in [0.717, 1.165) is 30.1 Å². The zero-order valence-corrected chi connectivity index (χ0v) is 13.7. The third kappa shape index (κ3) is 3.04. The van der Waals surface area contributed by atoms with E-state index in [2.05, 4.69) is 33.1 Å². The number of piperidine rings is 1. The minimum Gasteiger partial charge on any atom is -0.332 e. The lowest BCUT2D eigenvalue weighted by atomic mass is 9.93. The van der Waals surface area contributed by atoms with Crippen LogP contribution in [0.15, 0.2) is 5.38 Å². The Kier molecular flexibility index (Phi) is 4.49. The Balaban J connectivity index is 2.31. The fraction of sp³-hybridized carbons (Fsp3) is 0.733. The summed E-state index contributed by atoms with van der Waals surface area (Å²) in [6.07, 6.45) is 2.27. The van der Waals surface area contributed by atoms with Gasteiger partial charge in [0.1, 0.15) is 0 Å². The fourth-order valence-electron chi connectivity index (χ4n) is 2.63. The van der Waals surface area contributed by atoms with Gasteiger partial charge < -0.3 is 10.6 Å². The van der Waals surface area contributed by atoms with Crippen LogP contribution in [0.2, 0.25) is 0 Å². The van der Waals surface area contributed by atoms with E-state index in [9.17, 15) is 4.79 Å². The summed E-state index contributed by atoms with van der Waals surface area (Å²) >= 11 is 1.67. The molecule has 1 aliphatic rings. The molecule has 1 amide bonds. The van der Waals surface area contributed by atoms with E-state index in [1.807, 2.05) is 4.90 Å². The van der Waals surface area contributed by atoms with Gasteiger partial charge in [0.05, 0.1) is 16.7 Å². The summed E-state index contributed by atoms with van der Waals surface area (Å²) < 4.78 is 0. The fourth-order valence-corrected chi connectivity index (χ4v) is 3.56. The topological polar surface area (TPSA) is 59.2 Å². The Morgan fingerprint density at radius 3 is 2.75 bits per heavy atom. The Labute approximate surface area is 125 Å². The van der Waals surface area contributed by atoms with Crippen molar-refractivity contribution in [1.82, 2.24) is 9.88 Å². The van der Waals surface area contributed by atoms with Gasteiger partial charge in [-0.1, -0.05) is 27.7 Å². The van der Waals surface area contributed by atoms with Crippen molar-refractivity contribution in [3.05, 3.63) is 16.1 Å². The van der Waals surface area contributed by atoms with Gasteiger partial charge in [-0.25, -0.2) is 4.98 Å². The summed E-state index contributed by atoms with van der Waals surface area (Å²) in [7, 11) is 0. The van der Waals surface area contributed by atoms with Crippen molar-refractivity contribution in [2.45, 2.75) is 64.5 Å². The van der Waals surface area contributed by atoms with E-state index in [1.54, 1.807) is 11.3 Å². The SMILES string of the molecule is CCCN1C(=O)CCC(N)C1c1csc(C(C)(C)C)n1. The first-order valence-corrected chi connectivity index (χ1v) is 8.23. The van der Waals surface area contributed by atoms with Crippen LogP contribution in [0.5, 0.6) is 0 Å². The molecule has 2 N–H and O–H groups in total. The van der Waals surface area contributed by atoms with E-state index >= 15 is 0 Å². The first-order valence-electron chi connectivity index (χ1n) is 7.35. The predicted octanol–water partition coefficient (Wildman–Crippen LogP) is 2.84. The van der Waals surface area contributed by atoms with Crippen LogP contribution >= 0.6 is 11.3 Å². The molecule has 2 unspecified atom stereocenters. The minimum atomic E-state index is -0.0523. The molecule has 2 atom stereocenters. The Morgan fingerprint density at radius 1 is 1.50 bits per heavy atom. The van der Waals surface area contributed by atoms with Crippen LogP contribution < -0.4 is 5.73 Å². The molecule has 0 aliphatic carbocycles. The first-order chi connectivity index (χ1) is 9.34. The van der Waals surface area contributed by atoms with Crippen molar-refractivity contribution >= 4 is 17.2 Å². The molecule has 2 heterocycles. The number of carbonyl (C=O) groups excluding carboxylic acids is 1. The first kappa shape index (κ1) is 15.4. The van der Waals surface area contributed by atoms with Crippen molar-refractivity contribution in [3.8, 4) is 0 Å². The second kappa shape index (κ2) is 5.82. The van der Waals surface area contributed by atoms with Crippen LogP contribution in [0.3, 0.4) is 0 Å². The summed E-state index contributed by atoms with van der Waals surface area (Å²) in [4.78, 5) is 18.9. The highest BCUT2D eigenvalue weighted by Gasteiger charge is 2.36. The van der Waals surface area contributed by atoms with Crippen molar-refractivity contribution in [2.75, 3.05) is 6.54 Å². The maximum atomic E-state index is 12.2. The third-order valence-corrected chi connectivity index (χ3v) is 4.97. The minimum absolute atomic E-state index is 0.00540. The normalized spacial score (nSPS) is 24.2. The average molecular weight is 295 g/mol. The summed E-state index contributed by atoms with van der Waals surface area (Å²) in [6.45, 7) is 9.33. The number of rotatable bonds is 3. The van der Waals surface area contributed by atoms with Crippen molar-refractivity contribution in [2.24, 2.45) is 5.73 Å². The van der Waals surface area contributed by atoms with Gasteiger partial charge in [-0.3, -0.25) is 4.79 Å². The second-order valence-electron chi connectivity index (χ2n) is 6.56. The average Bonchev–Trinajstić information content (AvgIpc) is 2.83. The maximum absolute atomic E-state index is 12.2. The lowest BCUT2D eigenvalue weighted by Crippen LogP contribution is -2.49. The second-order valence-corrected chi connectivity index (χ2v) is 7.42. The number of hydrogen-bond acceptors (Lipinski definition) is 4. The van der Waals surface area contributed by atoms with Gasteiger partial charge in [-0.2, -0.15) is 0 Å². The molecule has 1 aliphatic heterocycles. The molecule has 0 radical (unpaired) electrons. The molecule has 1 saturated heterocycles. The monoisotopic (exact) mass is 295 g/mol. The number of aromatic nitrogens is 1. The molecule has 1 aromatic rings. The zero-order chi connectivity index (χ0) is 14.9. The van der Waals surface area contributed by atoms with E-state index in [-0.39, 0.29) is 23.4 Å². The zero-order valence-electron chi connectivity index (χ0n) is 12.8. The number of carbonyl (C=O) groups is 1. The molecule has 1 fully saturated rings. The molecule has 0 aromatic carbocycles. The number of nitrogens with two attached hydrogens (primary N) is 1. The molecule has 2 rings (SSSR count). The maximum Gasteiger partial charge on any atom is 0.223 e. The van der Waals surface area contributed by atoms with E-state index in [4.69, 9.17) is 10.7 Å². The lowest BCUT2D eigenvalue weighted by molar-refractivity contribution is -0.137. The molecule has 20 heavy (non-hydrogen) atoms. The smallest absolute Gasteiger partial charge is 0.223 e. The summed E-state index contributed by atoms with van der Waals surface area (Å²) in [5.74, 6) is 0.212. The molecule has 0 spiro atoms. The van der Waals surface area contributed by atoms with Crippen molar-refractivity contribution in [1.29, 1.82) is 0 Å². The van der Waals surface area contributed by atoms with Crippen LogP contribution in [0.25, 0.3) is 0 Å². The number of nitrogens with zero attached hydrogens (tertiary/aromatic N) is 2. The van der Waals surface area contributed by atoms with Gasteiger partial charge in [-0.15, -0.1) is 11.3 Å². The Morgan fingerprint density at radius 2 is 2.20 bits per heavy atom. The number of hydrogen-bond donors (Lipinski definition) is 1. The third-order valence-electron chi connectivity index (χ3n) is 3.68. The molecular formula is C15H25N3OS. The van der Waals surface area contributed by atoms with Crippen LogP contribution in [-0.2, 0) is 10.2 Å². The number of thiazole rings is 1. The molecule has 112 valence electrons. The predicted molar refractivity (Wildman–Crippen MR) is 82.8 cm³/mol. The van der Waals surface area contributed by atoms with Crippen molar-refractivity contribution < 1.29 is 4.79 Å². The standard InChI is InChI=1S/C15H25N3OS/c1-5-8-18-12(19)7-6-10(16)13(18)11-9-20-14(17-11)15(2,3)4/h9-10,13H,5-8,16H2,1-4H3. The molecule has 1 aromatic heterocycles. The highest BCUT2D eigenvalue weighted by Crippen LogP contribution is 2.34. The summed E-state index contributed by atoms with van der Waals surface area (Å²) in [5, 5.41) is 3.18. The highest BCUT2D eigenvalue weighted by molar-refractivity contribution is 7.09. The molecule has 0 saturated carbocycles. The lowest BCUT2D eigenvalue weighted by Gasteiger charge is -2.38. The molecule has 4 nitrogen and oxygen atoms in total. The quantitative estimate of drug-likeness (QED) is 0.933. The number of amides is 1. The van der Waals surface area contributed by atoms with E-state index < -0.39 is 0 Å². The van der Waals surface area contributed by atoms with Crippen molar-refractivity contribution in [3.63, 3.8) is 0 Å². The van der Waals surface area contributed by atoms with Gasteiger partial charge in [0.2, 0.25) is 5.91 Å². The van der Waals surface area contributed by atoms with Gasteiger partial charge in [0.15, 0.2) is 0 Å². The summed E-state index contributed by atoms with van der Waals surface area (Å²) in [5.41, 5.74) is 7.29. The molecular weight excluding hydrogens is 270 g/mol. The van der Waals surface area contributed by atoms with Crippen LogP contribution in [0.4, 0.5) is 0 Å². The molecule has 5 heteroatoms. The van der Waals surface area contributed by atoms with Gasteiger partial charge in [0.25, 0.3) is 0 Å². The van der Waals surface area contributed by atoms with Crippen LogP contribution in [-0.4, -0.2) is 28.4 Å². The highest BCUT2D eigenvalue weighted by atomic mass is 32.1. The summed E-state index contributed by atoms with van der Waals surface area (Å²) in [6, 6.07) is -0.0577. The van der Waals surface area contributed by atoms with Gasteiger partial charge in [-0.05, 0) is 12.8 Å². The Bertz CT molecular complexity index is 478. The van der Waals surface area contributed by atoms with E-state index in [0.29, 0.717) is 6.42 Å². The van der Waals surface area contributed by atoms with Gasteiger partial charge >= 0.3 is 0 Å². The van der Waals surface area contributed by atoms with E-state index in [1.165, 1.54) is 0 Å². The van der Waals surface area contributed by atoms with Crippen LogP contribution in [0, 0.1) is 0 Å². The number of likely N-dealkylation sites (tertiary alicyclic amines) is 1. The Hall–Kier alpha value is -0.940. The van der Waals surface area contributed by atoms with Gasteiger partial charge in [0, 0.05) is 29.8 Å².